The molecule has 0 atom stereocenters. The molecule has 1 aliphatic heterocycles. The Kier molecular flexibility index (Phi) is 5.75. The van der Waals surface area contributed by atoms with Crippen LogP contribution < -0.4 is 14.9 Å². The summed E-state index contributed by atoms with van der Waals surface area (Å²) in [5.74, 6) is 1.20. The number of thiazole rings is 1. The highest BCUT2D eigenvalue weighted by molar-refractivity contribution is 7.17. The molecule has 140 valence electrons. The van der Waals surface area contributed by atoms with E-state index in [1.807, 2.05) is 30.1 Å². The summed E-state index contributed by atoms with van der Waals surface area (Å²) in [4.78, 5) is 20.1. The molecule has 1 aliphatic rings. The fourth-order valence-corrected chi connectivity index (χ4v) is 3.76. The van der Waals surface area contributed by atoms with Gasteiger partial charge < -0.3 is 14.4 Å². The van der Waals surface area contributed by atoms with Gasteiger partial charge >= 0.3 is 0 Å². The van der Waals surface area contributed by atoms with Crippen LogP contribution in [0, 0.1) is 6.92 Å². The molecule has 1 N–H and O–H groups in total. The van der Waals surface area contributed by atoms with E-state index in [2.05, 4.69) is 22.4 Å². The van der Waals surface area contributed by atoms with Gasteiger partial charge in [-0.15, -0.1) is 11.3 Å². The van der Waals surface area contributed by atoms with Crippen molar-refractivity contribution in [2.24, 2.45) is 0 Å². The second-order valence-electron chi connectivity index (χ2n) is 6.23. The number of benzene rings is 1. The molecule has 2 aromatic rings. The first kappa shape index (κ1) is 18.6. The molecule has 1 aromatic carbocycles. The number of aryl methyl sites for hydroxylation is 1. The monoisotopic (exact) mass is 376 g/mol. The van der Waals surface area contributed by atoms with E-state index in [0.717, 1.165) is 42.4 Å². The number of nitrogens with one attached hydrogen (secondary N) is 1. The van der Waals surface area contributed by atoms with Crippen molar-refractivity contribution in [1.82, 2.24) is 20.3 Å². The average Bonchev–Trinajstić information content (AvgIpc) is 3.05. The van der Waals surface area contributed by atoms with Crippen LogP contribution in [0.2, 0.25) is 0 Å². The number of likely N-dealkylation sites (N-methyl/N-ethyl adjacent to an activating group) is 1. The molecule has 0 unspecified atom stereocenters. The van der Waals surface area contributed by atoms with Gasteiger partial charge in [0.2, 0.25) is 0 Å². The number of piperazine rings is 1. The van der Waals surface area contributed by atoms with Gasteiger partial charge in [-0.1, -0.05) is 0 Å². The van der Waals surface area contributed by atoms with Gasteiger partial charge in [0.1, 0.15) is 9.88 Å². The van der Waals surface area contributed by atoms with Gasteiger partial charge in [-0.25, -0.2) is 9.99 Å². The van der Waals surface area contributed by atoms with Crippen molar-refractivity contribution in [3.63, 3.8) is 0 Å². The summed E-state index contributed by atoms with van der Waals surface area (Å²) < 4.78 is 10.6. The van der Waals surface area contributed by atoms with E-state index < -0.39 is 0 Å². The summed E-state index contributed by atoms with van der Waals surface area (Å²) in [5, 5.41) is 2.75. The smallest absolute Gasteiger partial charge is 0.277 e. The lowest BCUT2D eigenvalue weighted by Gasteiger charge is -2.32. The zero-order chi connectivity index (χ0) is 18.7. The van der Waals surface area contributed by atoms with E-state index in [9.17, 15) is 4.79 Å². The first-order chi connectivity index (χ1) is 12.5. The second-order valence-corrected chi connectivity index (χ2v) is 7.23. The molecule has 0 radical (unpaired) electrons. The summed E-state index contributed by atoms with van der Waals surface area (Å²) in [6.45, 7) is 5.39. The molecule has 2 heterocycles. The Morgan fingerprint density at radius 3 is 2.50 bits per heavy atom. The number of amides is 1. The number of methoxy groups -OCH3 is 2. The molecule has 1 saturated heterocycles. The largest absolute Gasteiger partial charge is 0.493 e. The van der Waals surface area contributed by atoms with Crippen LogP contribution in [0.4, 0.5) is 0 Å². The molecule has 1 fully saturated rings. The van der Waals surface area contributed by atoms with Crippen LogP contribution in [-0.2, 0) is 0 Å². The standard InChI is InChI=1S/C18H24N4O3S/c1-12-16(17(23)20-22-9-7-21(2)8-10-22)26-18(19-12)13-5-6-14(24-3)15(11-13)25-4/h5-6,11H,7-10H2,1-4H3,(H,20,23). The average molecular weight is 376 g/mol. The lowest BCUT2D eigenvalue weighted by Crippen LogP contribution is -2.52. The number of aromatic nitrogens is 1. The number of hydrogen-bond acceptors (Lipinski definition) is 7. The summed E-state index contributed by atoms with van der Waals surface area (Å²) in [7, 11) is 5.29. The van der Waals surface area contributed by atoms with E-state index in [1.54, 1.807) is 14.2 Å². The highest BCUT2D eigenvalue weighted by Crippen LogP contribution is 2.34. The molecular formula is C18H24N4O3S. The van der Waals surface area contributed by atoms with Crippen LogP contribution in [0.15, 0.2) is 18.2 Å². The molecule has 0 saturated carbocycles. The predicted molar refractivity (Wildman–Crippen MR) is 102 cm³/mol. The van der Waals surface area contributed by atoms with Gasteiger partial charge in [-0.2, -0.15) is 0 Å². The van der Waals surface area contributed by atoms with E-state index in [0.29, 0.717) is 16.4 Å². The van der Waals surface area contributed by atoms with E-state index in [1.165, 1.54) is 11.3 Å². The number of carbonyl (C=O) groups is 1. The Morgan fingerprint density at radius 2 is 1.85 bits per heavy atom. The van der Waals surface area contributed by atoms with Gasteiger partial charge in [0.15, 0.2) is 11.5 Å². The first-order valence-electron chi connectivity index (χ1n) is 8.46. The van der Waals surface area contributed by atoms with Crippen LogP contribution in [-0.4, -0.2) is 68.2 Å². The minimum atomic E-state index is -0.101. The van der Waals surface area contributed by atoms with Crippen LogP contribution in [0.25, 0.3) is 10.6 Å². The Bertz CT molecular complexity index is 785. The second kappa shape index (κ2) is 8.03. The fraction of sp³-hybridized carbons (Fsp3) is 0.444. The Balaban J connectivity index is 1.77. The molecule has 7 nitrogen and oxygen atoms in total. The van der Waals surface area contributed by atoms with Crippen molar-refractivity contribution in [3.05, 3.63) is 28.8 Å². The molecule has 3 rings (SSSR count). The van der Waals surface area contributed by atoms with Gasteiger partial charge in [0.25, 0.3) is 5.91 Å². The van der Waals surface area contributed by atoms with Crippen molar-refractivity contribution >= 4 is 17.2 Å². The Hall–Kier alpha value is -2.16. The van der Waals surface area contributed by atoms with Crippen molar-refractivity contribution in [2.75, 3.05) is 47.4 Å². The third kappa shape index (κ3) is 3.98. The van der Waals surface area contributed by atoms with Crippen molar-refractivity contribution in [2.45, 2.75) is 6.92 Å². The summed E-state index contributed by atoms with van der Waals surface area (Å²) in [6, 6.07) is 5.63. The van der Waals surface area contributed by atoms with Crippen LogP contribution in [0.1, 0.15) is 15.4 Å². The molecule has 1 aromatic heterocycles. The van der Waals surface area contributed by atoms with Gasteiger partial charge in [0.05, 0.1) is 19.9 Å². The minimum Gasteiger partial charge on any atom is -0.493 e. The first-order valence-corrected chi connectivity index (χ1v) is 9.27. The van der Waals surface area contributed by atoms with E-state index in [4.69, 9.17) is 9.47 Å². The molecule has 0 spiro atoms. The van der Waals surface area contributed by atoms with E-state index >= 15 is 0 Å². The molecular weight excluding hydrogens is 352 g/mol. The maximum Gasteiger partial charge on any atom is 0.277 e. The number of hydrazine groups is 1. The number of nitrogens with zero attached hydrogens (tertiary/aromatic N) is 3. The number of rotatable bonds is 5. The maximum atomic E-state index is 12.6. The lowest BCUT2D eigenvalue weighted by atomic mass is 10.2. The number of carbonyl (C=O) groups excluding carboxylic acids is 1. The van der Waals surface area contributed by atoms with Crippen molar-refractivity contribution in [3.8, 4) is 22.1 Å². The quantitative estimate of drug-likeness (QED) is 0.861. The molecule has 0 aliphatic carbocycles. The topological polar surface area (TPSA) is 66.9 Å². The van der Waals surface area contributed by atoms with E-state index in [-0.39, 0.29) is 5.91 Å². The molecule has 1 amide bonds. The molecule has 8 heteroatoms. The third-order valence-corrected chi connectivity index (χ3v) is 5.60. The molecule has 0 bridgehead atoms. The van der Waals surface area contributed by atoms with Gasteiger partial charge in [-0.3, -0.25) is 10.2 Å². The lowest BCUT2D eigenvalue weighted by molar-refractivity contribution is 0.0665. The van der Waals surface area contributed by atoms with Crippen LogP contribution in [0.3, 0.4) is 0 Å². The number of ether oxygens (including phenoxy) is 2. The van der Waals surface area contributed by atoms with Gasteiger partial charge in [0, 0.05) is 31.7 Å². The van der Waals surface area contributed by atoms with Crippen LogP contribution >= 0.6 is 11.3 Å². The normalized spacial score (nSPS) is 15.7. The van der Waals surface area contributed by atoms with Crippen molar-refractivity contribution in [1.29, 1.82) is 0 Å². The summed E-state index contributed by atoms with van der Waals surface area (Å²) in [5.41, 5.74) is 4.62. The predicted octanol–water partition coefficient (Wildman–Crippen LogP) is 2.03. The summed E-state index contributed by atoms with van der Waals surface area (Å²) in [6.07, 6.45) is 0. The minimum absolute atomic E-state index is 0.101. The van der Waals surface area contributed by atoms with Crippen LogP contribution in [0.5, 0.6) is 11.5 Å². The zero-order valence-electron chi connectivity index (χ0n) is 15.5. The number of hydrogen-bond donors (Lipinski definition) is 1. The Labute approximate surface area is 157 Å². The molecule has 26 heavy (non-hydrogen) atoms. The zero-order valence-corrected chi connectivity index (χ0v) is 16.4. The fourth-order valence-electron chi connectivity index (χ4n) is 2.81. The maximum absolute atomic E-state index is 12.6. The SMILES string of the molecule is COc1ccc(-c2nc(C)c(C(=O)NN3CCN(C)CC3)s2)cc1OC. The van der Waals surface area contributed by atoms with Gasteiger partial charge in [-0.05, 0) is 32.2 Å². The highest BCUT2D eigenvalue weighted by Gasteiger charge is 2.21. The highest BCUT2D eigenvalue weighted by atomic mass is 32.1. The Morgan fingerprint density at radius 1 is 1.15 bits per heavy atom. The van der Waals surface area contributed by atoms with Crippen molar-refractivity contribution < 1.29 is 14.3 Å². The third-order valence-electron chi connectivity index (χ3n) is 4.40. The summed E-state index contributed by atoms with van der Waals surface area (Å²) >= 11 is 1.39.